The number of rotatable bonds is 7. The van der Waals surface area contributed by atoms with E-state index in [9.17, 15) is 4.79 Å². The molecule has 0 aromatic heterocycles. The van der Waals surface area contributed by atoms with Crippen LogP contribution in [0.2, 0.25) is 0 Å². The van der Waals surface area contributed by atoms with Gasteiger partial charge in [0.1, 0.15) is 5.75 Å². The average molecular weight is 329 g/mol. The molecule has 0 spiro atoms. The molecule has 1 atom stereocenters. The van der Waals surface area contributed by atoms with Gasteiger partial charge in [-0.25, -0.2) is 0 Å². The van der Waals surface area contributed by atoms with Crippen molar-refractivity contribution in [3.8, 4) is 5.75 Å². The summed E-state index contributed by atoms with van der Waals surface area (Å²) < 4.78 is 10.4. The van der Waals surface area contributed by atoms with Gasteiger partial charge in [0.25, 0.3) is 0 Å². The molecule has 1 saturated heterocycles. The molecule has 1 aliphatic rings. The molecule has 2 N–H and O–H groups in total. The number of carbonyl (C=O) groups is 1. The predicted octanol–water partition coefficient (Wildman–Crippen LogP) is 1.54. The van der Waals surface area contributed by atoms with Crippen LogP contribution < -0.4 is 15.4 Å². The Morgan fingerprint density at radius 3 is 2.86 bits per heavy atom. The Hall–Kier alpha value is -1.30. The van der Waals surface area contributed by atoms with Crippen LogP contribution in [0.4, 0.5) is 0 Å². The summed E-state index contributed by atoms with van der Waals surface area (Å²) in [4.78, 5) is 12.1. The maximum Gasteiger partial charge on any atom is 0.224 e. The van der Waals surface area contributed by atoms with Gasteiger partial charge in [0, 0.05) is 13.7 Å². The van der Waals surface area contributed by atoms with Crippen molar-refractivity contribution in [1.29, 1.82) is 0 Å². The zero-order valence-electron chi connectivity index (χ0n) is 13.2. The van der Waals surface area contributed by atoms with Gasteiger partial charge in [0.05, 0.1) is 25.7 Å². The first kappa shape index (κ1) is 18.7. The monoisotopic (exact) mass is 328 g/mol. The van der Waals surface area contributed by atoms with Crippen molar-refractivity contribution in [2.24, 2.45) is 0 Å². The number of hydrogen-bond donors (Lipinski definition) is 2. The third kappa shape index (κ3) is 5.16. The van der Waals surface area contributed by atoms with Gasteiger partial charge in [0.15, 0.2) is 0 Å². The Bertz CT molecular complexity index is 476. The number of benzene rings is 1. The number of hydrogen-bond acceptors (Lipinski definition) is 4. The molecule has 1 aromatic rings. The lowest BCUT2D eigenvalue weighted by molar-refractivity contribution is -0.120. The van der Waals surface area contributed by atoms with Crippen LogP contribution in [-0.2, 0) is 16.0 Å². The summed E-state index contributed by atoms with van der Waals surface area (Å²) in [6.07, 6.45) is 2.51. The van der Waals surface area contributed by atoms with Crippen LogP contribution in [0.5, 0.6) is 5.75 Å². The molecule has 1 amide bonds. The van der Waals surface area contributed by atoms with E-state index < -0.39 is 0 Å². The van der Waals surface area contributed by atoms with Gasteiger partial charge in [-0.3, -0.25) is 4.79 Å². The summed E-state index contributed by atoms with van der Waals surface area (Å²) in [6.45, 7) is 2.20. The normalized spacial score (nSPS) is 20.3. The highest BCUT2D eigenvalue weighted by molar-refractivity contribution is 5.85. The highest BCUT2D eigenvalue weighted by Gasteiger charge is 2.33. The average Bonchev–Trinajstić information content (AvgIpc) is 2.95. The van der Waals surface area contributed by atoms with Crippen molar-refractivity contribution in [3.05, 3.63) is 29.8 Å². The molecule has 0 saturated carbocycles. The summed E-state index contributed by atoms with van der Waals surface area (Å²) >= 11 is 0. The van der Waals surface area contributed by atoms with Crippen LogP contribution in [0.15, 0.2) is 24.3 Å². The second-order valence-corrected chi connectivity index (χ2v) is 5.55. The minimum Gasteiger partial charge on any atom is -0.497 e. The minimum atomic E-state index is -0.112. The van der Waals surface area contributed by atoms with Crippen molar-refractivity contribution in [3.63, 3.8) is 0 Å². The molecule has 124 valence electrons. The molecular formula is C16H25ClN2O3. The fourth-order valence-electron chi connectivity index (χ4n) is 2.77. The molecule has 0 bridgehead atoms. The molecule has 22 heavy (non-hydrogen) atoms. The fourth-order valence-corrected chi connectivity index (χ4v) is 2.77. The van der Waals surface area contributed by atoms with Gasteiger partial charge in [-0.1, -0.05) is 12.1 Å². The van der Waals surface area contributed by atoms with E-state index in [1.165, 1.54) is 0 Å². The standard InChI is InChI=1S/C16H24N2O3.ClH/c1-20-12-16(7-4-8-18-16)11-17-15(19)10-13-5-3-6-14(9-13)21-2;/h3,5-6,9,18H,4,7-8,10-12H2,1-2H3,(H,17,19);1H. The van der Waals surface area contributed by atoms with E-state index in [1.54, 1.807) is 14.2 Å². The van der Waals surface area contributed by atoms with E-state index in [0.717, 1.165) is 30.7 Å². The first-order chi connectivity index (χ1) is 10.2. The van der Waals surface area contributed by atoms with Crippen LogP contribution in [0.3, 0.4) is 0 Å². The smallest absolute Gasteiger partial charge is 0.224 e. The summed E-state index contributed by atoms with van der Waals surface area (Å²) in [5, 5.41) is 6.46. The molecule has 5 nitrogen and oxygen atoms in total. The van der Waals surface area contributed by atoms with Gasteiger partial charge in [-0.05, 0) is 37.1 Å². The number of ether oxygens (including phenoxy) is 2. The molecular weight excluding hydrogens is 304 g/mol. The fraction of sp³-hybridized carbons (Fsp3) is 0.562. The third-order valence-electron chi connectivity index (χ3n) is 3.88. The van der Waals surface area contributed by atoms with Crippen molar-refractivity contribution in [2.75, 3.05) is 33.9 Å². The quantitative estimate of drug-likeness (QED) is 0.797. The predicted molar refractivity (Wildman–Crippen MR) is 88.8 cm³/mol. The summed E-state index contributed by atoms with van der Waals surface area (Å²) in [5.41, 5.74) is 0.839. The van der Waals surface area contributed by atoms with Gasteiger partial charge in [-0.2, -0.15) is 0 Å². The molecule has 1 fully saturated rings. The topological polar surface area (TPSA) is 59.6 Å². The number of amides is 1. The molecule has 2 rings (SSSR count). The van der Waals surface area contributed by atoms with E-state index in [-0.39, 0.29) is 23.9 Å². The third-order valence-corrected chi connectivity index (χ3v) is 3.88. The second-order valence-electron chi connectivity index (χ2n) is 5.55. The second kappa shape index (κ2) is 8.98. The van der Waals surface area contributed by atoms with E-state index in [4.69, 9.17) is 9.47 Å². The van der Waals surface area contributed by atoms with Crippen molar-refractivity contribution in [1.82, 2.24) is 10.6 Å². The summed E-state index contributed by atoms with van der Waals surface area (Å²) in [7, 11) is 3.32. The molecule has 6 heteroatoms. The lowest BCUT2D eigenvalue weighted by atomic mass is 9.98. The SMILES string of the molecule is COCC1(CNC(=O)Cc2cccc(OC)c2)CCCN1.Cl. The Kier molecular flexibility index (Phi) is 7.65. The highest BCUT2D eigenvalue weighted by atomic mass is 35.5. The molecule has 1 aromatic carbocycles. The largest absolute Gasteiger partial charge is 0.497 e. The molecule has 0 aliphatic carbocycles. The molecule has 1 unspecified atom stereocenters. The van der Waals surface area contributed by atoms with E-state index in [2.05, 4.69) is 10.6 Å². The zero-order chi connectivity index (χ0) is 15.1. The first-order valence-corrected chi connectivity index (χ1v) is 7.31. The number of halogens is 1. The van der Waals surface area contributed by atoms with Gasteiger partial charge in [-0.15, -0.1) is 12.4 Å². The van der Waals surface area contributed by atoms with Gasteiger partial charge < -0.3 is 20.1 Å². The number of carbonyl (C=O) groups excluding carboxylic acids is 1. The van der Waals surface area contributed by atoms with E-state index in [1.807, 2.05) is 24.3 Å². The van der Waals surface area contributed by atoms with Crippen LogP contribution in [0, 0.1) is 0 Å². The highest BCUT2D eigenvalue weighted by Crippen LogP contribution is 2.19. The van der Waals surface area contributed by atoms with Gasteiger partial charge >= 0.3 is 0 Å². The van der Waals surface area contributed by atoms with Crippen molar-refractivity contribution >= 4 is 18.3 Å². The Morgan fingerprint density at radius 1 is 1.41 bits per heavy atom. The molecule has 1 heterocycles. The van der Waals surface area contributed by atoms with Crippen LogP contribution >= 0.6 is 12.4 Å². The van der Waals surface area contributed by atoms with Crippen molar-refractivity contribution < 1.29 is 14.3 Å². The van der Waals surface area contributed by atoms with Gasteiger partial charge in [0.2, 0.25) is 5.91 Å². The van der Waals surface area contributed by atoms with E-state index >= 15 is 0 Å². The van der Waals surface area contributed by atoms with Crippen LogP contribution in [0.25, 0.3) is 0 Å². The Morgan fingerprint density at radius 2 is 2.23 bits per heavy atom. The maximum atomic E-state index is 12.1. The minimum absolute atomic E-state index is 0. The zero-order valence-corrected chi connectivity index (χ0v) is 14.0. The van der Waals surface area contributed by atoms with Crippen LogP contribution in [0.1, 0.15) is 18.4 Å². The van der Waals surface area contributed by atoms with Crippen LogP contribution in [-0.4, -0.2) is 45.4 Å². The lowest BCUT2D eigenvalue weighted by Gasteiger charge is -2.29. The Balaban J connectivity index is 0.00000242. The molecule has 1 aliphatic heterocycles. The van der Waals surface area contributed by atoms with Crippen molar-refractivity contribution in [2.45, 2.75) is 24.8 Å². The van der Waals surface area contributed by atoms with E-state index in [0.29, 0.717) is 19.6 Å². The summed E-state index contributed by atoms with van der Waals surface area (Å²) in [5.74, 6) is 0.793. The number of methoxy groups -OCH3 is 2. The first-order valence-electron chi connectivity index (χ1n) is 7.31. The lowest BCUT2D eigenvalue weighted by Crippen LogP contribution is -2.53. The Labute approximate surface area is 138 Å². The summed E-state index contributed by atoms with van der Waals surface area (Å²) in [6, 6.07) is 7.59. The molecule has 0 radical (unpaired) electrons. The number of nitrogens with one attached hydrogen (secondary N) is 2. The maximum absolute atomic E-state index is 12.1.